The van der Waals surface area contributed by atoms with Gasteiger partial charge in [-0.3, -0.25) is 0 Å². The molecule has 80 valence electrons. The highest BCUT2D eigenvalue weighted by Gasteiger charge is 2.22. The van der Waals surface area contributed by atoms with E-state index in [2.05, 4.69) is 49.6 Å². The lowest BCUT2D eigenvalue weighted by atomic mass is 9.91. The zero-order valence-electron chi connectivity index (χ0n) is 10.1. The Hall–Kier alpha value is -0.830. The van der Waals surface area contributed by atoms with Gasteiger partial charge in [0.15, 0.2) is 0 Å². The largest absolute Gasteiger partial charge is 0.334 e. The molecule has 1 heterocycles. The molecule has 1 aromatic rings. The minimum atomic E-state index is 0.133. The van der Waals surface area contributed by atoms with E-state index in [-0.39, 0.29) is 5.41 Å². The number of rotatable bonds is 2. The van der Waals surface area contributed by atoms with Crippen molar-refractivity contribution in [3.63, 3.8) is 0 Å². The first kappa shape index (κ1) is 11.2. The van der Waals surface area contributed by atoms with Crippen LogP contribution >= 0.6 is 0 Å². The van der Waals surface area contributed by atoms with Gasteiger partial charge in [-0.05, 0) is 14.0 Å². The topological polar surface area (TPSA) is 29.9 Å². The Morgan fingerprint density at radius 2 is 1.93 bits per heavy atom. The van der Waals surface area contributed by atoms with Crippen LogP contribution in [0.15, 0.2) is 0 Å². The Kier molecular flexibility index (Phi) is 3.00. The van der Waals surface area contributed by atoms with Crippen molar-refractivity contribution in [1.82, 2.24) is 14.9 Å². The predicted octanol–water partition coefficient (Wildman–Crippen LogP) is 1.75. The summed E-state index contributed by atoms with van der Waals surface area (Å²) < 4.78 is 2.16. The van der Waals surface area contributed by atoms with Crippen molar-refractivity contribution in [3.8, 4) is 0 Å². The van der Waals surface area contributed by atoms with E-state index in [1.807, 2.05) is 7.05 Å². The predicted molar refractivity (Wildman–Crippen MR) is 59.4 cm³/mol. The van der Waals surface area contributed by atoms with Gasteiger partial charge in [-0.2, -0.15) is 0 Å². The zero-order valence-corrected chi connectivity index (χ0v) is 10.1. The van der Waals surface area contributed by atoms with E-state index in [0.717, 1.165) is 12.4 Å². The fraction of sp³-hybridized carbons (Fsp3) is 0.727. The van der Waals surface area contributed by atoms with Gasteiger partial charge in [0.1, 0.15) is 5.82 Å². The number of aromatic nitrogens is 2. The summed E-state index contributed by atoms with van der Waals surface area (Å²) >= 11 is 0. The molecular formula is C11H21N3. The second kappa shape index (κ2) is 3.73. The summed E-state index contributed by atoms with van der Waals surface area (Å²) in [6.45, 7) is 9.56. The van der Waals surface area contributed by atoms with E-state index in [9.17, 15) is 0 Å². The van der Waals surface area contributed by atoms with Crippen LogP contribution in [0.3, 0.4) is 0 Å². The van der Waals surface area contributed by atoms with Crippen molar-refractivity contribution in [3.05, 3.63) is 17.2 Å². The number of imidazole rings is 1. The van der Waals surface area contributed by atoms with E-state index < -0.39 is 0 Å². The minimum Gasteiger partial charge on any atom is -0.334 e. The molecule has 0 atom stereocenters. The molecule has 0 aliphatic carbocycles. The van der Waals surface area contributed by atoms with Crippen LogP contribution in [-0.2, 0) is 19.0 Å². The average Bonchev–Trinajstić information content (AvgIpc) is 2.32. The van der Waals surface area contributed by atoms with Gasteiger partial charge in [0.05, 0.1) is 12.2 Å². The van der Waals surface area contributed by atoms with Gasteiger partial charge in [0.25, 0.3) is 0 Å². The lowest BCUT2D eigenvalue weighted by Crippen LogP contribution is -2.13. The summed E-state index contributed by atoms with van der Waals surface area (Å²) in [6, 6.07) is 0. The molecule has 0 saturated heterocycles. The molecule has 0 aliphatic heterocycles. The van der Waals surface area contributed by atoms with Crippen LogP contribution in [0.5, 0.6) is 0 Å². The Labute approximate surface area is 86.5 Å². The highest BCUT2D eigenvalue weighted by molar-refractivity contribution is 5.22. The molecule has 1 N–H and O–H groups in total. The third-order valence-corrected chi connectivity index (χ3v) is 2.52. The lowest BCUT2D eigenvalue weighted by molar-refractivity contribution is 0.565. The molecule has 1 aromatic heterocycles. The molecule has 0 aliphatic rings. The fourth-order valence-electron chi connectivity index (χ4n) is 1.66. The fourth-order valence-corrected chi connectivity index (χ4v) is 1.66. The van der Waals surface area contributed by atoms with E-state index in [4.69, 9.17) is 0 Å². The molecule has 0 bridgehead atoms. The quantitative estimate of drug-likeness (QED) is 0.779. The molecule has 0 unspecified atom stereocenters. The Morgan fingerprint density at radius 3 is 2.29 bits per heavy atom. The van der Waals surface area contributed by atoms with Crippen LogP contribution in [0.4, 0.5) is 0 Å². The van der Waals surface area contributed by atoms with Gasteiger partial charge in [0, 0.05) is 18.2 Å². The third-order valence-electron chi connectivity index (χ3n) is 2.52. The van der Waals surface area contributed by atoms with Gasteiger partial charge in [-0.1, -0.05) is 20.8 Å². The van der Waals surface area contributed by atoms with E-state index in [0.29, 0.717) is 0 Å². The first-order chi connectivity index (χ1) is 6.38. The van der Waals surface area contributed by atoms with Crippen LogP contribution < -0.4 is 5.32 Å². The standard InChI is InChI=1S/C11H21N3/c1-8-10(11(2,3)4)13-9(7-12-5)14(8)6/h12H,7H2,1-6H3. The van der Waals surface area contributed by atoms with Crippen molar-refractivity contribution in [2.75, 3.05) is 7.05 Å². The summed E-state index contributed by atoms with van der Waals surface area (Å²) in [5, 5.41) is 3.13. The molecule has 1 rings (SSSR count). The number of hydrogen-bond acceptors (Lipinski definition) is 2. The van der Waals surface area contributed by atoms with Crippen molar-refractivity contribution >= 4 is 0 Å². The van der Waals surface area contributed by atoms with E-state index >= 15 is 0 Å². The second-order valence-corrected chi connectivity index (χ2v) is 4.80. The Balaban J connectivity index is 3.15. The normalized spacial score (nSPS) is 12.1. The van der Waals surface area contributed by atoms with Crippen LogP contribution in [0, 0.1) is 6.92 Å². The average molecular weight is 195 g/mol. The molecule has 14 heavy (non-hydrogen) atoms. The molecule has 0 radical (unpaired) electrons. The van der Waals surface area contributed by atoms with E-state index in [1.54, 1.807) is 0 Å². The van der Waals surface area contributed by atoms with Gasteiger partial charge >= 0.3 is 0 Å². The first-order valence-electron chi connectivity index (χ1n) is 5.05. The Morgan fingerprint density at radius 1 is 1.36 bits per heavy atom. The smallest absolute Gasteiger partial charge is 0.122 e. The van der Waals surface area contributed by atoms with Crippen LogP contribution in [0.2, 0.25) is 0 Å². The molecule has 0 amide bonds. The minimum absolute atomic E-state index is 0.133. The van der Waals surface area contributed by atoms with Crippen molar-refractivity contribution in [2.45, 2.75) is 39.7 Å². The highest BCUT2D eigenvalue weighted by atomic mass is 15.1. The van der Waals surface area contributed by atoms with Gasteiger partial charge in [0.2, 0.25) is 0 Å². The molecular weight excluding hydrogens is 174 g/mol. The van der Waals surface area contributed by atoms with Crippen molar-refractivity contribution in [1.29, 1.82) is 0 Å². The summed E-state index contributed by atoms with van der Waals surface area (Å²) in [5.74, 6) is 1.11. The number of nitrogens with zero attached hydrogens (tertiary/aromatic N) is 2. The van der Waals surface area contributed by atoms with Crippen molar-refractivity contribution in [2.24, 2.45) is 7.05 Å². The summed E-state index contributed by atoms with van der Waals surface area (Å²) in [5.41, 5.74) is 2.60. The molecule has 3 heteroatoms. The van der Waals surface area contributed by atoms with Crippen LogP contribution in [0.25, 0.3) is 0 Å². The third kappa shape index (κ3) is 1.98. The lowest BCUT2D eigenvalue weighted by Gasteiger charge is -2.16. The number of nitrogens with one attached hydrogen (secondary N) is 1. The molecule has 0 fully saturated rings. The van der Waals surface area contributed by atoms with Gasteiger partial charge in [-0.15, -0.1) is 0 Å². The summed E-state index contributed by atoms with van der Waals surface area (Å²) in [4.78, 5) is 4.67. The second-order valence-electron chi connectivity index (χ2n) is 4.80. The van der Waals surface area contributed by atoms with E-state index in [1.165, 1.54) is 11.4 Å². The summed E-state index contributed by atoms with van der Waals surface area (Å²) in [7, 11) is 4.02. The maximum atomic E-state index is 4.67. The molecule has 0 saturated carbocycles. The maximum Gasteiger partial charge on any atom is 0.122 e. The molecule has 3 nitrogen and oxygen atoms in total. The monoisotopic (exact) mass is 195 g/mol. The van der Waals surface area contributed by atoms with Crippen LogP contribution in [0.1, 0.15) is 38.0 Å². The highest BCUT2D eigenvalue weighted by Crippen LogP contribution is 2.24. The molecule has 0 spiro atoms. The first-order valence-corrected chi connectivity index (χ1v) is 5.05. The zero-order chi connectivity index (χ0) is 10.9. The van der Waals surface area contributed by atoms with Gasteiger partial charge < -0.3 is 9.88 Å². The van der Waals surface area contributed by atoms with Crippen LogP contribution in [-0.4, -0.2) is 16.6 Å². The molecule has 0 aromatic carbocycles. The summed E-state index contributed by atoms with van der Waals surface area (Å²) in [6.07, 6.45) is 0. The van der Waals surface area contributed by atoms with Crippen molar-refractivity contribution < 1.29 is 0 Å². The number of hydrogen-bond donors (Lipinski definition) is 1. The van der Waals surface area contributed by atoms with Gasteiger partial charge in [-0.25, -0.2) is 4.98 Å². The maximum absolute atomic E-state index is 4.67. The Bertz CT molecular complexity index is 318. The SMILES string of the molecule is CNCc1nc(C(C)(C)C)c(C)n1C.